The summed E-state index contributed by atoms with van der Waals surface area (Å²) in [6.45, 7) is 4.13. The molecule has 0 bridgehead atoms. The lowest BCUT2D eigenvalue weighted by Crippen LogP contribution is -1.93. The highest BCUT2D eigenvalue weighted by atomic mass is 16.1. The normalized spacial score (nSPS) is 13.8. The number of allylic oxidation sites excluding steroid dienone is 2. The van der Waals surface area contributed by atoms with Crippen LogP contribution in [0, 0.1) is 5.92 Å². The van der Waals surface area contributed by atoms with Gasteiger partial charge in [0, 0.05) is 6.42 Å². The first-order valence-corrected chi connectivity index (χ1v) is 3.86. The minimum absolute atomic E-state index is 0.550. The maximum atomic E-state index is 10.0. The zero-order valence-corrected chi connectivity index (χ0v) is 6.84. The van der Waals surface area contributed by atoms with Crippen molar-refractivity contribution in [1.29, 1.82) is 0 Å². The third-order valence-corrected chi connectivity index (χ3v) is 1.56. The fourth-order valence-corrected chi connectivity index (χ4v) is 0.830. The van der Waals surface area contributed by atoms with Crippen LogP contribution < -0.4 is 0 Å². The SMILES string of the molecule is CC=CCCC(C)CC=O. The van der Waals surface area contributed by atoms with Gasteiger partial charge in [-0.25, -0.2) is 0 Å². The summed E-state index contributed by atoms with van der Waals surface area (Å²) in [4.78, 5) is 10.0. The van der Waals surface area contributed by atoms with Gasteiger partial charge < -0.3 is 4.79 Å². The zero-order valence-electron chi connectivity index (χ0n) is 6.84. The fraction of sp³-hybridized carbons (Fsp3) is 0.667. The molecule has 0 aromatic rings. The van der Waals surface area contributed by atoms with Gasteiger partial charge in [-0.15, -0.1) is 0 Å². The number of carbonyl (C=O) groups is 1. The van der Waals surface area contributed by atoms with Crippen molar-refractivity contribution in [3.05, 3.63) is 12.2 Å². The maximum Gasteiger partial charge on any atom is 0.120 e. The molecule has 0 amide bonds. The van der Waals surface area contributed by atoms with Gasteiger partial charge in [0.15, 0.2) is 0 Å². The molecule has 0 N–H and O–H groups in total. The first-order chi connectivity index (χ1) is 4.81. The largest absolute Gasteiger partial charge is 0.303 e. The molecule has 0 aromatic carbocycles. The van der Waals surface area contributed by atoms with E-state index in [-0.39, 0.29) is 0 Å². The molecule has 0 saturated carbocycles. The second-order valence-electron chi connectivity index (χ2n) is 2.65. The van der Waals surface area contributed by atoms with E-state index in [0.29, 0.717) is 12.3 Å². The van der Waals surface area contributed by atoms with Crippen LogP contribution in [0.3, 0.4) is 0 Å². The van der Waals surface area contributed by atoms with Crippen LogP contribution in [-0.4, -0.2) is 6.29 Å². The molecule has 0 heterocycles. The molecular weight excluding hydrogens is 124 g/mol. The van der Waals surface area contributed by atoms with E-state index in [9.17, 15) is 4.79 Å². The molecule has 0 fully saturated rings. The summed E-state index contributed by atoms with van der Waals surface area (Å²) in [6, 6.07) is 0. The first kappa shape index (κ1) is 9.41. The van der Waals surface area contributed by atoms with Crippen molar-refractivity contribution in [3.63, 3.8) is 0 Å². The number of aldehydes is 1. The summed E-state index contributed by atoms with van der Waals surface area (Å²) in [6.07, 6.45) is 8.13. The van der Waals surface area contributed by atoms with E-state index in [4.69, 9.17) is 0 Å². The Morgan fingerprint density at radius 2 is 2.20 bits per heavy atom. The lowest BCUT2D eigenvalue weighted by molar-refractivity contribution is -0.108. The van der Waals surface area contributed by atoms with E-state index in [1.165, 1.54) is 0 Å². The van der Waals surface area contributed by atoms with Gasteiger partial charge in [-0.05, 0) is 25.7 Å². The highest BCUT2D eigenvalue weighted by Gasteiger charge is 1.97. The zero-order chi connectivity index (χ0) is 7.82. The van der Waals surface area contributed by atoms with Crippen molar-refractivity contribution in [2.45, 2.75) is 33.1 Å². The molecule has 0 rings (SSSR count). The molecule has 58 valence electrons. The Morgan fingerprint density at radius 3 is 2.70 bits per heavy atom. The van der Waals surface area contributed by atoms with Crippen LogP contribution in [0.15, 0.2) is 12.2 Å². The van der Waals surface area contributed by atoms with E-state index in [1.807, 2.05) is 13.0 Å². The van der Waals surface area contributed by atoms with Crippen molar-refractivity contribution in [3.8, 4) is 0 Å². The van der Waals surface area contributed by atoms with Crippen molar-refractivity contribution in [1.82, 2.24) is 0 Å². The molecule has 0 aliphatic heterocycles. The molecule has 10 heavy (non-hydrogen) atoms. The summed E-state index contributed by atoms with van der Waals surface area (Å²) < 4.78 is 0. The molecule has 0 radical (unpaired) electrons. The molecule has 1 nitrogen and oxygen atoms in total. The Balaban J connectivity index is 3.20. The predicted molar refractivity (Wildman–Crippen MR) is 43.9 cm³/mol. The first-order valence-electron chi connectivity index (χ1n) is 3.86. The highest BCUT2D eigenvalue weighted by molar-refractivity contribution is 5.49. The van der Waals surface area contributed by atoms with E-state index < -0.39 is 0 Å². The number of carbonyl (C=O) groups excluding carboxylic acids is 1. The topological polar surface area (TPSA) is 17.1 Å². The van der Waals surface area contributed by atoms with Crippen molar-refractivity contribution in [2.24, 2.45) is 5.92 Å². The van der Waals surface area contributed by atoms with Gasteiger partial charge in [0.1, 0.15) is 6.29 Å². The average molecular weight is 140 g/mol. The van der Waals surface area contributed by atoms with Gasteiger partial charge in [-0.3, -0.25) is 0 Å². The van der Waals surface area contributed by atoms with Crippen LogP contribution in [0.4, 0.5) is 0 Å². The molecule has 0 aliphatic rings. The van der Waals surface area contributed by atoms with Crippen molar-refractivity contribution >= 4 is 6.29 Å². The number of rotatable bonds is 5. The smallest absolute Gasteiger partial charge is 0.120 e. The average Bonchev–Trinajstić information content (AvgIpc) is 1.89. The molecule has 1 unspecified atom stereocenters. The van der Waals surface area contributed by atoms with E-state index in [1.54, 1.807) is 0 Å². The highest BCUT2D eigenvalue weighted by Crippen LogP contribution is 2.08. The molecule has 0 aromatic heterocycles. The van der Waals surface area contributed by atoms with Crippen LogP contribution in [0.2, 0.25) is 0 Å². The van der Waals surface area contributed by atoms with Crippen LogP contribution in [-0.2, 0) is 4.79 Å². The van der Waals surface area contributed by atoms with Crippen LogP contribution >= 0.6 is 0 Å². The Morgan fingerprint density at radius 1 is 1.50 bits per heavy atom. The number of hydrogen-bond donors (Lipinski definition) is 0. The van der Waals surface area contributed by atoms with Gasteiger partial charge in [-0.1, -0.05) is 19.1 Å². The van der Waals surface area contributed by atoms with Crippen molar-refractivity contribution in [2.75, 3.05) is 0 Å². The quantitative estimate of drug-likeness (QED) is 0.423. The summed E-state index contributed by atoms with van der Waals surface area (Å²) >= 11 is 0. The maximum absolute atomic E-state index is 10.0. The molecule has 0 spiro atoms. The van der Waals surface area contributed by atoms with Crippen molar-refractivity contribution < 1.29 is 4.79 Å². The van der Waals surface area contributed by atoms with E-state index >= 15 is 0 Å². The Bertz CT molecular complexity index is 105. The third kappa shape index (κ3) is 5.54. The van der Waals surface area contributed by atoms with Gasteiger partial charge in [0.2, 0.25) is 0 Å². The lowest BCUT2D eigenvalue weighted by atomic mass is 10.0. The monoisotopic (exact) mass is 140 g/mol. The lowest BCUT2D eigenvalue weighted by Gasteiger charge is -2.02. The molecule has 1 heteroatoms. The minimum atomic E-state index is 0.550. The molecule has 0 saturated heterocycles. The molecule has 1 atom stereocenters. The predicted octanol–water partition coefficient (Wildman–Crippen LogP) is 2.57. The Kier molecular flexibility index (Phi) is 6.14. The minimum Gasteiger partial charge on any atom is -0.303 e. The van der Waals surface area contributed by atoms with Crippen LogP contribution in [0.25, 0.3) is 0 Å². The summed E-state index contributed by atoms with van der Waals surface area (Å²) in [5.74, 6) is 0.550. The third-order valence-electron chi connectivity index (χ3n) is 1.56. The summed E-state index contributed by atoms with van der Waals surface area (Å²) in [5.41, 5.74) is 0. The Hall–Kier alpha value is -0.590. The summed E-state index contributed by atoms with van der Waals surface area (Å²) in [5, 5.41) is 0. The fourth-order valence-electron chi connectivity index (χ4n) is 0.830. The number of hydrogen-bond acceptors (Lipinski definition) is 1. The van der Waals surface area contributed by atoms with Crippen LogP contribution in [0.1, 0.15) is 33.1 Å². The van der Waals surface area contributed by atoms with Gasteiger partial charge in [-0.2, -0.15) is 0 Å². The van der Waals surface area contributed by atoms with Gasteiger partial charge in [0.05, 0.1) is 0 Å². The summed E-state index contributed by atoms with van der Waals surface area (Å²) in [7, 11) is 0. The molecule has 0 aliphatic carbocycles. The second kappa shape index (κ2) is 6.53. The standard InChI is InChI=1S/C9H16O/c1-3-4-5-6-9(2)7-8-10/h3-4,8-9H,5-7H2,1-2H3. The van der Waals surface area contributed by atoms with Gasteiger partial charge in [0.25, 0.3) is 0 Å². The Labute approximate surface area is 63.1 Å². The van der Waals surface area contributed by atoms with Crippen LogP contribution in [0.5, 0.6) is 0 Å². The van der Waals surface area contributed by atoms with Gasteiger partial charge >= 0.3 is 0 Å². The van der Waals surface area contributed by atoms with E-state index in [0.717, 1.165) is 19.1 Å². The second-order valence-corrected chi connectivity index (χ2v) is 2.65. The van der Waals surface area contributed by atoms with E-state index in [2.05, 4.69) is 13.0 Å². The molecular formula is C9H16O.